The number of amides is 1. The maximum absolute atomic E-state index is 12.1. The largest absolute Gasteiger partial charge is 0.480 e. The van der Waals surface area contributed by atoms with Gasteiger partial charge in [-0.25, -0.2) is 4.79 Å². The molecule has 1 aromatic carbocycles. The molecule has 20 heavy (non-hydrogen) atoms. The predicted octanol–water partition coefficient (Wildman–Crippen LogP) is 1.08. The maximum atomic E-state index is 12.1. The van der Waals surface area contributed by atoms with Crippen LogP contribution < -0.4 is 15.4 Å². The highest BCUT2D eigenvalue weighted by atomic mass is 16.5. The van der Waals surface area contributed by atoms with Gasteiger partial charge in [-0.2, -0.15) is 0 Å². The molecular weight excluding hydrogens is 260 g/mol. The number of ether oxygens (including phenoxy) is 1. The topological polar surface area (TPSA) is 87.7 Å². The average Bonchev–Trinajstić information content (AvgIpc) is 2.43. The smallest absolute Gasteiger partial charge is 0.326 e. The number of carbonyl (C=O) groups excluding carboxylic acids is 1. The lowest BCUT2D eigenvalue weighted by Crippen LogP contribution is -2.52. The van der Waals surface area contributed by atoms with Gasteiger partial charge in [-0.1, -0.05) is 26.0 Å². The Bertz CT molecular complexity index is 516. The van der Waals surface area contributed by atoms with E-state index in [1.54, 1.807) is 19.9 Å². The van der Waals surface area contributed by atoms with Crippen LogP contribution in [0.3, 0.4) is 0 Å². The molecule has 2 atom stereocenters. The summed E-state index contributed by atoms with van der Waals surface area (Å²) >= 11 is 0. The highest BCUT2D eigenvalue weighted by Crippen LogP contribution is 2.28. The normalized spacial score (nSPS) is 18.4. The second kappa shape index (κ2) is 5.81. The van der Waals surface area contributed by atoms with E-state index in [-0.39, 0.29) is 5.92 Å². The number of anilines is 1. The van der Waals surface area contributed by atoms with Crippen LogP contribution in [0.2, 0.25) is 0 Å². The van der Waals surface area contributed by atoms with Crippen molar-refractivity contribution in [2.24, 2.45) is 5.92 Å². The molecule has 0 fully saturated rings. The molecule has 1 aliphatic heterocycles. The van der Waals surface area contributed by atoms with E-state index in [1.807, 2.05) is 18.2 Å². The fourth-order valence-electron chi connectivity index (χ4n) is 2.02. The van der Waals surface area contributed by atoms with E-state index >= 15 is 0 Å². The molecule has 1 aliphatic rings. The SMILES string of the molecule is CC(C)[C@H](NC(=O)C1CNc2ccccc2O1)C(=O)O. The van der Waals surface area contributed by atoms with Crippen molar-refractivity contribution in [3.05, 3.63) is 24.3 Å². The Hall–Kier alpha value is -2.24. The molecule has 1 aromatic rings. The number of carboxylic acids is 1. The number of carboxylic acid groups (broad SMARTS) is 1. The quantitative estimate of drug-likeness (QED) is 0.767. The number of hydrogen-bond donors (Lipinski definition) is 3. The minimum atomic E-state index is -1.04. The van der Waals surface area contributed by atoms with Crippen LogP contribution in [0, 0.1) is 5.92 Å². The summed E-state index contributed by atoms with van der Waals surface area (Å²) in [5.74, 6) is -1.07. The molecule has 0 bridgehead atoms. The van der Waals surface area contributed by atoms with E-state index in [2.05, 4.69) is 10.6 Å². The van der Waals surface area contributed by atoms with Crippen LogP contribution in [0.1, 0.15) is 13.8 Å². The first-order chi connectivity index (χ1) is 9.49. The van der Waals surface area contributed by atoms with Crippen LogP contribution in [0.25, 0.3) is 0 Å². The van der Waals surface area contributed by atoms with Gasteiger partial charge in [-0.3, -0.25) is 4.79 Å². The Kier molecular flexibility index (Phi) is 4.12. The van der Waals surface area contributed by atoms with Crippen LogP contribution in [0.4, 0.5) is 5.69 Å². The lowest BCUT2D eigenvalue weighted by atomic mass is 10.0. The van der Waals surface area contributed by atoms with Crippen molar-refractivity contribution in [2.75, 3.05) is 11.9 Å². The molecule has 6 heteroatoms. The zero-order valence-corrected chi connectivity index (χ0v) is 11.4. The third-order valence-electron chi connectivity index (χ3n) is 3.16. The van der Waals surface area contributed by atoms with Gasteiger partial charge in [0.25, 0.3) is 5.91 Å². The van der Waals surface area contributed by atoms with Gasteiger partial charge in [0.2, 0.25) is 0 Å². The molecule has 108 valence electrons. The number of fused-ring (bicyclic) bond motifs is 1. The first kappa shape index (κ1) is 14.2. The Morgan fingerprint density at radius 1 is 1.40 bits per heavy atom. The van der Waals surface area contributed by atoms with Crippen molar-refractivity contribution in [1.29, 1.82) is 0 Å². The highest BCUT2D eigenvalue weighted by molar-refractivity contribution is 5.87. The molecule has 0 aliphatic carbocycles. The second-order valence-corrected chi connectivity index (χ2v) is 5.05. The minimum absolute atomic E-state index is 0.194. The van der Waals surface area contributed by atoms with Crippen molar-refractivity contribution in [3.8, 4) is 5.75 Å². The molecular formula is C14H18N2O4. The molecule has 1 heterocycles. The fourth-order valence-corrected chi connectivity index (χ4v) is 2.02. The van der Waals surface area contributed by atoms with E-state index in [9.17, 15) is 9.59 Å². The van der Waals surface area contributed by atoms with Crippen LogP contribution in [0.15, 0.2) is 24.3 Å². The minimum Gasteiger partial charge on any atom is -0.480 e. The van der Waals surface area contributed by atoms with Crippen LogP contribution in [-0.2, 0) is 9.59 Å². The van der Waals surface area contributed by atoms with Gasteiger partial charge < -0.3 is 20.5 Å². The summed E-state index contributed by atoms with van der Waals surface area (Å²) < 4.78 is 5.59. The zero-order valence-electron chi connectivity index (χ0n) is 11.4. The molecule has 0 aromatic heterocycles. The fraction of sp³-hybridized carbons (Fsp3) is 0.429. The Morgan fingerprint density at radius 3 is 2.75 bits per heavy atom. The van der Waals surface area contributed by atoms with E-state index in [0.717, 1.165) is 5.69 Å². The van der Waals surface area contributed by atoms with Crippen molar-refractivity contribution in [3.63, 3.8) is 0 Å². The number of nitrogens with one attached hydrogen (secondary N) is 2. The molecule has 3 N–H and O–H groups in total. The van der Waals surface area contributed by atoms with Crippen LogP contribution >= 0.6 is 0 Å². The van der Waals surface area contributed by atoms with E-state index in [4.69, 9.17) is 9.84 Å². The summed E-state index contributed by atoms with van der Waals surface area (Å²) in [5, 5.41) is 14.7. The Balaban J connectivity index is 2.03. The molecule has 0 spiro atoms. The summed E-state index contributed by atoms with van der Waals surface area (Å²) in [7, 11) is 0. The molecule has 6 nitrogen and oxygen atoms in total. The number of aliphatic carboxylic acids is 1. The molecule has 0 saturated carbocycles. The number of para-hydroxylation sites is 2. The lowest BCUT2D eigenvalue weighted by Gasteiger charge is -2.28. The van der Waals surface area contributed by atoms with Crippen molar-refractivity contribution < 1.29 is 19.4 Å². The number of hydrogen-bond acceptors (Lipinski definition) is 4. The zero-order chi connectivity index (χ0) is 14.7. The summed E-state index contributed by atoms with van der Waals surface area (Å²) in [6.45, 7) is 3.80. The van der Waals surface area contributed by atoms with Gasteiger partial charge in [-0.15, -0.1) is 0 Å². The Labute approximate surface area is 117 Å². The summed E-state index contributed by atoms with van der Waals surface area (Å²) in [6, 6.07) is 6.39. The lowest BCUT2D eigenvalue weighted by molar-refractivity contribution is -0.144. The summed E-state index contributed by atoms with van der Waals surface area (Å²) in [4.78, 5) is 23.2. The third-order valence-corrected chi connectivity index (χ3v) is 3.16. The Morgan fingerprint density at radius 2 is 2.10 bits per heavy atom. The number of rotatable bonds is 4. The van der Waals surface area contributed by atoms with Gasteiger partial charge in [-0.05, 0) is 18.1 Å². The first-order valence-electron chi connectivity index (χ1n) is 6.51. The first-order valence-corrected chi connectivity index (χ1v) is 6.51. The molecule has 0 radical (unpaired) electrons. The molecule has 1 amide bonds. The standard InChI is InChI=1S/C14H18N2O4/c1-8(2)12(14(18)19)16-13(17)11-7-15-9-5-3-4-6-10(9)20-11/h3-6,8,11-12,15H,7H2,1-2H3,(H,16,17)(H,18,19)/t11?,12-/m0/s1. The van der Waals surface area contributed by atoms with Gasteiger partial charge in [0, 0.05) is 0 Å². The summed E-state index contributed by atoms with van der Waals surface area (Å²) in [5.41, 5.74) is 0.829. The van der Waals surface area contributed by atoms with Gasteiger partial charge in [0.1, 0.15) is 11.8 Å². The molecule has 2 rings (SSSR count). The van der Waals surface area contributed by atoms with Crippen LogP contribution in [0.5, 0.6) is 5.75 Å². The average molecular weight is 278 g/mol. The van der Waals surface area contributed by atoms with E-state index in [1.165, 1.54) is 0 Å². The van der Waals surface area contributed by atoms with E-state index < -0.39 is 24.0 Å². The second-order valence-electron chi connectivity index (χ2n) is 5.05. The van der Waals surface area contributed by atoms with Crippen LogP contribution in [-0.4, -0.2) is 35.7 Å². The summed E-state index contributed by atoms with van der Waals surface area (Å²) in [6.07, 6.45) is -0.731. The monoisotopic (exact) mass is 278 g/mol. The van der Waals surface area contributed by atoms with Gasteiger partial charge in [0.15, 0.2) is 6.10 Å². The molecule has 0 saturated heterocycles. The highest BCUT2D eigenvalue weighted by Gasteiger charge is 2.30. The third kappa shape index (κ3) is 3.01. The van der Waals surface area contributed by atoms with Crippen molar-refractivity contribution in [1.82, 2.24) is 5.32 Å². The maximum Gasteiger partial charge on any atom is 0.326 e. The number of carbonyl (C=O) groups is 2. The number of benzene rings is 1. The van der Waals surface area contributed by atoms with Gasteiger partial charge >= 0.3 is 5.97 Å². The predicted molar refractivity (Wildman–Crippen MR) is 73.8 cm³/mol. The van der Waals surface area contributed by atoms with Crippen molar-refractivity contribution >= 4 is 17.6 Å². The van der Waals surface area contributed by atoms with Crippen molar-refractivity contribution in [2.45, 2.75) is 26.0 Å². The van der Waals surface area contributed by atoms with Gasteiger partial charge in [0.05, 0.1) is 12.2 Å². The molecule has 1 unspecified atom stereocenters. The van der Waals surface area contributed by atoms with E-state index in [0.29, 0.717) is 12.3 Å².